The molecule has 0 unspecified atom stereocenters. The number of carbonyl (C=O) groups excluding carboxylic acids is 1. The van der Waals surface area contributed by atoms with E-state index in [2.05, 4.69) is 0 Å². The summed E-state index contributed by atoms with van der Waals surface area (Å²) in [5.74, 6) is 0.0372. The Balaban J connectivity index is 2.26. The molecule has 3 rings (SSSR count). The maximum absolute atomic E-state index is 12.5. The Kier molecular flexibility index (Phi) is 4.36. The minimum Gasteiger partial charge on any atom is -0.508 e. The molecule has 1 aliphatic heterocycles. The van der Waals surface area contributed by atoms with Crippen molar-refractivity contribution in [3.8, 4) is 11.5 Å². The molecule has 1 aromatic heterocycles. The van der Waals surface area contributed by atoms with E-state index in [1.165, 1.54) is 16.8 Å². The van der Waals surface area contributed by atoms with Crippen LogP contribution in [0.4, 0.5) is 0 Å². The summed E-state index contributed by atoms with van der Waals surface area (Å²) in [7, 11) is 0. The number of fused-ring (bicyclic) bond motifs is 1. The Labute approximate surface area is 151 Å². The normalized spacial score (nSPS) is 15.2. The molecule has 1 aliphatic rings. The summed E-state index contributed by atoms with van der Waals surface area (Å²) in [6.45, 7) is 7.73. The van der Waals surface area contributed by atoms with Crippen LogP contribution in [0.3, 0.4) is 0 Å². The Morgan fingerprint density at radius 1 is 1.27 bits per heavy atom. The predicted molar refractivity (Wildman–Crippen MR) is 97.5 cm³/mol. The molecule has 1 N–H and O–H groups in total. The van der Waals surface area contributed by atoms with Gasteiger partial charge in [-0.3, -0.25) is 9.36 Å². The average molecular weight is 355 g/mol. The highest BCUT2D eigenvalue weighted by Crippen LogP contribution is 2.41. The number of esters is 1. The Bertz CT molecular complexity index is 968. The van der Waals surface area contributed by atoms with Crippen LogP contribution >= 0.6 is 0 Å². The van der Waals surface area contributed by atoms with Crippen LogP contribution in [0.2, 0.25) is 0 Å². The van der Waals surface area contributed by atoms with Crippen LogP contribution in [-0.2, 0) is 4.74 Å². The summed E-state index contributed by atoms with van der Waals surface area (Å²) >= 11 is 0. The minimum absolute atomic E-state index is 0.101. The van der Waals surface area contributed by atoms with Crippen molar-refractivity contribution in [2.24, 2.45) is 0 Å². The molecule has 0 bridgehead atoms. The van der Waals surface area contributed by atoms with Crippen LogP contribution in [0.1, 0.15) is 43.6 Å². The van der Waals surface area contributed by atoms with E-state index in [9.17, 15) is 14.7 Å². The standard InChI is InChI=1S/C20H21NO5/c1-5-25-19(24)13-6-7-16-15(10-13)18(12(2)20(3,4)26-16)21-9-8-14(22)11-17(21)23/h6-11,22H,5H2,1-4H3. The number of hydrogen-bond acceptors (Lipinski definition) is 5. The fourth-order valence-electron chi connectivity index (χ4n) is 2.95. The van der Waals surface area contributed by atoms with Crippen molar-refractivity contribution in [2.75, 3.05) is 6.61 Å². The molecule has 2 aromatic rings. The van der Waals surface area contributed by atoms with Crippen LogP contribution in [0, 0.1) is 0 Å². The van der Waals surface area contributed by atoms with E-state index >= 15 is 0 Å². The summed E-state index contributed by atoms with van der Waals surface area (Å²) in [6, 6.07) is 7.61. The molecule has 136 valence electrons. The molecule has 0 spiro atoms. The van der Waals surface area contributed by atoms with Gasteiger partial charge in [0.15, 0.2) is 0 Å². The monoisotopic (exact) mass is 355 g/mol. The third-order valence-corrected chi connectivity index (χ3v) is 4.51. The summed E-state index contributed by atoms with van der Waals surface area (Å²) in [6.07, 6.45) is 1.51. The van der Waals surface area contributed by atoms with Crippen LogP contribution in [0.25, 0.3) is 5.70 Å². The lowest BCUT2D eigenvalue weighted by molar-refractivity contribution is 0.0526. The highest BCUT2D eigenvalue weighted by atomic mass is 16.5. The van der Waals surface area contributed by atoms with Crippen molar-refractivity contribution in [2.45, 2.75) is 33.3 Å². The first-order valence-corrected chi connectivity index (χ1v) is 8.38. The first-order chi connectivity index (χ1) is 12.2. The van der Waals surface area contributed by atoms with Gasteiger partial charge in [0.05, 0.1) is 17.9 Å². The second-order valence-electron chi connectivity index (χ2n) is 6.61. The van der Waals surface area contributed by atoms with Crippen LogP contribution in [0.5, 0.6) is 11.5 Å². The van der Waals surface area contributed by atoms with Gasteiger partial charge < -0.3 is 14.6 Å². The van der Waals surface area contributed by atoms with Gasteiger partial charge in [0.2, 0.25) is 0 Å². The van der Waals surface area contributed by atoms with Gasteiger partial charge in [-0.15, -0.1) is 0 Å². The summed E-state index contributed by atoms with van der Waals surface area (Å²) < 4.78 is 12.6. The Morgan fingerprint density at radius 2 is 2.00 bits per heavy atom. The SMILES string of the molecule is CCOC(=O)c1ccc2c(c1)C(n1ccc(O)cc1=O)=C(C)C(C)(C)O2. The van der Waals surface area contributed by atoms with Crippen molar-refractivity contribution >= 4 is 11.7 Å². The molecular weight excluding hydrogens is 334 g/mol. The molecule has 0 aliphatic carbocycles. The lowest BCUT2D eigenvalue weighted by Crippen LogP contribution is -2.36. The second-order valence-corrected chi connectivity index (χ2v) is 6.61. The number of rotatable bonds is 3. The summed E-state index contributed by atoms with van der Waals surface area (Å²) in [5, 5.41) is 9.56. The molecule has 1 aromatic carbocycles. The number of nitrogens with zero attached hydrogens (tertiary/aromatic N) is 1. The topological polar surface area (TPSA) is 77.8 Å². The smallest absolute Gasteiger partial charge is 0.338 e. The van der Waals surface area contributed by atoms with Crippen molar-refractivity contribution in [3.63, 3.8) is 0 Å². The van der Waals surface area contributed by atoms with Crippen LogP contribution < -0.4 is 10.3 Å². The summed E-state index contributed by atoms with van der Waals surface area (Å²) in [5.41, 5.74) is 1.47. The second kappa shape index (κ2) is 6.37. The van der Waals surface area contributed by atoms with E-state index in [0.29, 0.717) is 22.6 Å². The maximum Gasteiger partial charge on any atom is 0.338 e. The molecule has 6 heteroatoms. The fourth-order valence-corrected chi connectivity index (χ4v) is 2.95. The van der Waals surface area contributed by atoms with Gasteiger partial charge in [-0.1, -0.05) is 0 Å². The van der Waals surface area contributed by atoms with Crippen molar-refractivity contribution < 1.29 is 19.4 Å². The van der Waals surface area contributed by atoms with E-state index < -0.39 is 11.6 Å². The molecular formula is C20H21NO5. The van der Waals surface area contributed by atoms with E-state index in [-0.39, 0.29) is 17.9 Å². The third kappa shape index (κ3) is 2.98. The zero-order valence-corrected chi connectivity index (χ0v) is 15.2. The van der Waals surface area contributed by atoms with Gasteiger partial charge in [0, 0.05) is 17.8 Å². The first-order valence-electron chi connectivity index (χ1n) is 8.38. The molecule has 6 nitrogen and oxygen atoms in total. The number of aromatic hydroxyl groups is 1. The van der Waals surface area contributed by atoms with Gasteiger partial charge in [0.1, 0.15) is 17.1 Å². The highest BCUT2D eigenvalue weighted by Gasteiger charge is 2.34. The van der Waals surface area contributed by atoms with Gasteiger partial charge >= 0.3 is 5.97 Å². The lowest BCUT2D eigenvalue weighted by atomic mass is 9.90. The fraction of sp³-hybridized carbons (Fsp3) is 0.300. The molecule has 0 saturated heterocycles. The number of aromatic nitrogens is 1. The number of benzene rings is 1. The van der Waals surface area contributed by atoms with Crippen molar-refractivity contribution in [1.82, 2.24) is 4.57 Å². The molecule has 0 fully saturated rings. The van der Waals surface area contributed by atoms with E-state index in [0.717, 1.165) is 11.6 Å². The molecule has 2 heterocycles. The zero-order chi connectivity index (χ0) is 19.1. The number of ether oxygens (including phenoxy) is 2. The quantitative estimate of drug-likeness (QED) is 0.856. The van der Waals surface area contributed by atoms with Crippen molar-refractivity contribution in [3.05, 3.63) is 63.6 Å². The summed E-state index contributed by atoms with van der Waals surface area (Å²) in [4.78, 5) is 24.6. The Hall–Kier alpha value is -3.02. The molecule has 0 saturated carbocycles. The van der Waals surface area contributed by atoms with Gasteiger partial charge in [-0.05, 0) is 57.5 Å². The largest absolute Gasteiger partial charge is 0.508 e. The van der Waals surface area contributed by atoms with E-state index in [4.69, 9.17) is 9.47 Å². The van der Waals surface area contributed by atoms with Gasteiger partial charge in [-0.25, -0.2) is 4.79 Å². The molecule has 0 amide bonds. The molecule has 26 heavy (non-hydrogen) atoms. The van der Waals surface area contributed by atoms with E-state index in [1.807, 2.05) is 20.8 Å². The number of pyridine rings is 1. The first kappa shape index (κ1) is 17.8. The number of hydrogen-bond donors (Lipinski definition) is 1. The maximum atomic E-state index is 12.5. The predicted octanol–water partition coefficient (Wildman–Crippen LogP) is 3.18. The van der Waals surface area contributed by atoms with Crippen LogP contribution in [0.15, 0.2) is 46.9 Å². The Morgan fingerprint density at radius 3 is 2.65 bits per heavy atom. The number of carbonyl (C=O) groups is 1. The van der Waals surface area contributed by atoms with Crippen LogP contribution in [-0.4, -0.2) is 27.9 Å². The molecule has 0 radical (unpaired) electrons. The van der Waals surface area contributed by atoms with E-state index in [1.54, 1.807) is 25.1 Å². The molecule has 0 atom stereocenters. The minimum atomic E-state index is -0.634. The lowest BCUT2D eigenvalue weighted by Gasteiger charge is -2.36. The van der Waals surface area contributed by atoms with Gasteiger partial charge in [-0.2, -0.15) is 0 Å². The van der Waals surface area contributed by atoms with Gasteiger partial charge in [0.25, 0.3) is 5.56 Å². The highest BCUT2D eigenvalue weighted by molar-refractivity contribution is 5.92. The zero-order valence-electron chi connectivity index (χ0n) is 15.2. The third-order valence-electron chi connectivity index (χ3n) is 4.51. The average Bonchev–Trinajstić information content (AvgIpc) is 2.57. The van der Waals surface area contributed by atoms with Crippen molar-refractivity contribution in [1.29, 1.82) is 0 Å².